The molecule has 24 heavy (non-hydrogen) atoms. The first-order valence-electron chi connectivity index (χ1n) is 6.83. The van der Waals surface area contributed by atoms with Crippen LogP contribution in [0, 0.1) is 11.3 Å². The number of rotatable bonds is 6. The van der Waals surface area contributed by atoms with Gasteiger partial charge in [0.1, 0.15) is 0 Å². The summed E-state index contributed by atoms with van der Waals surface area (Å²) in [5.74, 6) is 0.276. The van der Waals surface area contributed by atoms with Gasteiger partial charge in [0.05, 0.1) is 18.7 Å². The Hall–Kier alpha value is -2.85. The number of ether oxygens (including phenoxy) is 2. The third-order valence-electron chi connectivity index (χ3n) is 3.04. The van der Waals surface area contributed by atoms with Gasteiger partial charge in [-0.2, -0.15) is 5.26 Å². The molecule has 0 fully saturated rings. The van der Waals surface area contributed by atoms with E-state index in [-0.39, 0.29) is 12.4 Å². The highest BCUT2D eigenvalue weighted by molar-refractivity contribution is 9.10. The minimum atomic E-state index is -0.400. The van der Waals surface area contributed by atoms with E-state index in [1.54, 1.807) is 30.3 Å². The van der Waals surface area contributed by atoms with Crippen LogP contribution in [0.4, 0.5) is 5.69 Å². The maximum absolute atomic E-state index is 12.0. The molecule has 0 aliphatic rings. The van der Waals surface area contributed by atoms with Gasteiger partial charge < -0.3 is 14.8 Å². The van der Waals surface area contributed by atoms with Gasteiger partial charge in [0.2, 0.25) is 0 Å². The molecule has 7 heteroatoms. The molecule has 1 N–H and O–H groups in total. The molecular formula is C17H13BrN2O4. The van der Waals surface area contributed by atoms with Crippen LogP contribution in [0.2, 0.25) is 0 Å². The van der Waals surface area contributed by atoms with Crippen molar-refractivity contribution in [2.75, 3.05) is 19.0 Å². The molecule has 0 atom stereocenters. The smallest absolute Gasteiger partial charge is 0.262 e. The Labute approximate surface area is 147 Å². The standard InChI is InChI=1S/C17H13BrN2O4/c1-23-15-7-14(18)12(9-21)6-16(15)24-10-17(22)20-13-4-2-3-11(5-13)8-19/h2-7,9H,10H2,1H3,(H,20,22). The molecule has 122 valence electrons. The lowest BCUT2D eigenvalue weighted by atomic mass is 10.2. The average molecular weight is 389 g/mol. The number of halogens is 1. The first-order valence-corrected chi connectivity index (χ1v) is 7.62. The Kier molecular flexibility index (Phi) is 5.93. The van der Waals surface area contributed by atoms with E-state index < -0.39 is 5.91 Å². The Morgan fingerprint density at radius 3 is 2.79 bits per heavy atom. The normalized spacial score (nSPS) is 9.71. The van der Waals surface area contributed by atoms with Crippen molar-refractivity contribution < 1.29 is 19.1 Å². The fourth-order valence-electron chi connectivity index (χ4n) is 1.92. The molecule has 1 amide bonds. The Morgan fingerprint density at radius 1 is 1.33 bits per heavy atom. The molecule has 0 bridgehead atoms. The zero-order chi connectivity index (χ0) is 17.5. The zero-order valence-electron chi connectivity index (χ0n) is 12.7. The number of amides is 1. The number of anilines is 1. The van der Waals surface area contributed by atoms with E-state index in [2.05, 4.69) is 21.2 Å². The molecule has 0 aliphatic heterocycles. The van der Waals surface area contributed by atoms with Crippen LogP contribution in [0.1, 0.15) is 15.9 Å². The fraction of sp³-hybridized carbons (Fsp3) is 0.118. The first kappa shape index (κ1) is 17.5. The number of nitrogens with one attached hydrogen (secondary N) is 1. The summed E-state index contributed by atoms with van der Waals surface area (Å²) < 4.78 is 11.2. The van der Waals surface area contributed by atoms with E-state index in [0.29, 0.717) is 33.3 Å². The Morgan fingerprint density at radius 2 is 2.12 bits per heavy atom. The molecule has 0 aliphatic carbocycles. The number of methoxy groups -OCH3 is 1. The number of carbonyl (C=O) groups excluding carboxylic acids is 2. The van der Waals surface area contributed by atoms with Crippen LogP contribution in [0.5, 0.6) is 11.5 Å². The summed E-state index contributed by atoms with van der Waals surface area (Å²) in [7, 11) is 1.46. The maximum Gasteiger partial charge on any atom is 0.262 e. The van der Waals surface area contributed by atoms with Crippen molar-refractivity contribution in [3.05, 3.63) is 52.0 Å². The highest BCUT2D eigenvalue weighted by atomic mass is 79.9. The number of aldehydes is 1. The van der Waals surface area contributed by atoms with Crippen molar-refractivity contribution in [3.8, 4) is 17.6 Å². The fourth-order valence-corrected chi connectivity index (χ4v) is 2.34. The number of nitrogens with zero attached hydrogens (tertiary/aromatic N) is 1. The molecular weight excluding hydrogens is 376 g/mol. The second-order valence-corrected chi connectivity index (χ2v) is 5.53. The molecule has 0 saturated heterocycles. The van der Waals surface area contributed by atoms with E-state index in [4.69, 9.17) is 14.7 Å². The van der Waals surface area contributed by atoms with Gasteiger partial charge >= 0.3 is 0 Å². The van der Waals surface area contributed by atoms with Gasteiger partial charge in [-0.3, -0.25) is 9.59 Å². The highest BCUT2D eigenvalue weighted by Gasteiger charge is 2.12. The number of hydrogen-bond donors (Lipinski definition) is 1. The van der Waals surface area contributed by atoms with Crippen LogP contribution in [0.15, 0.2) is 40.9 Å². The number of carbonyl (C=O) groups is 2. The van der Waals surface area contributed by atoms with E-state index in [1.807, 2.05) is 6.07 Å². The van der Waals surface area contributed by atoms with Gasteiger partial charge in [0.15, 0.2) is 24.4 Å². The number of benzene rings is 2. The predicted octanol–water partition coefficient (Wildman–Crippen LogP) is 3.16. The molecule has 0 saturated carbocycles. The molecule has 0 aromatic heterocycles. The highest BCUT2D eigenvalue weighted by Crippen LogP contribution is 2.32. The average Bonchev–Trinajstić information content (AvgIpc) is 2.60. The summed E-state index contributed by atoms with van der Waals surface area (Å²) in [6.45, 7) is -0.271. The third kappa shape index (κ3) is 4.33. The van der Waals surface area contributed by atoms with E-state index in [1.165, 1.54) is 13.2 Å². The van der Waals surface area contributed by atoms with E-state index in [0.717, 1.165) is 0 Å². The summed E-state index contributed by atoms with van der Waals surface area (Å²) in [4.78, 5) is 23.0. The molecule has 6 nitrogen and oxygen atoms in total. The van der Waals surface area contributed by atoms with Gasteiger partial charge in [-0.25, -0.2) is 0 Å². The summed E-state index contributed by atoms with van der Waals surface area (Å²) in [5.41, 5.74) is 1.32. The summed E-state index contributed by atoms with van der Waals surface area (Å²) in [6, 6.07) is 11.6. The van der Waals surface area contributed by atoms with Crippen LogP contribution >= 0.6 is 15.9 Å². The maximum atomic E-state index is 12.0. The molecule has 0 spiro atoms. The summed E-state index contributed by atoms with van der Waals surface area (Å²) in [5, 5.41) is 11.5. The minimum absolute atomic E-state index is 0.271. The molecule has 2 aromatic rings. The van der Waals surface area contributed by atoms with Crippen LogP contribution in [-0.4, -0.2) is 25.9 Å². The first-order chi connectivity index (χ1) is 11.6. The zero-order valence-corrected chi connectivity index (χ0v) is 14.3. The van der Waals surface area contributed by atoms with Crippen molar-refractivity contribution in [1.82, 2.24) is 0 Å². The van der Waals surface area contributed by atoms with Gasteiger partial charge in [-0.1, -0.05) is 6.07 Å². The van der Waals surface area contributed by atoms with Crippen molar-refractivity contribution in [2.45, 2.75) is 0 Å². The van der Waals surface area contributed by atoms with Crippen molar-refractivity contribution >= 4 is 33.8 Å². The lowest BCUT2D eigenvalue weighted by Crippen LogP contribution is -2.20. The molecule has 2 aromatic carbocycles. The predicted molar refractivity (Wildman–Crippen MR) is 91.4 cm³/mol. The van der Waals surface area contributed by atoms with Gasteiger partial charge in [0.25, 0.3) is 5.91 Å². The molecule has 0 unspecified atom stereocenters. The SMILES string of the molecule is COc1cc(Br)c(C=O)cc1OCC(=O)Nc1cccc(C#N)c1. The largest absolute Gasteiger partial charge is 0.493 e. The van der Waals surface area contributed by atoms with Crippen molar-refractivity contribution in [2.24, 2.45) is 0 Å². The monoisotopic (exact) mass is 388 g/mol. The van der Waals surface area contributed by atoms with Gasteiger partial charge in [-0.05, 0) is 46.3 Å². The second-order valence-electron chi connectivity index (χ2n) is 4.67. The number of nitriles is 1. The van der Waals surface area contributed by atoms with E-state index >= 15 is 0 Å². The third-order valence-corrected chi connectivity index (χ3v) is 3.73. The second kappa shape index (κ2) is 8.13. The van der Waals surface area contributed by atoms with E-state index in [9.17, 15) is 9.59 Å². The lowest BCUT2D eigenvalue weighted by Gasteiger charge is -2.12. The lowest BCUT2D eigenvalue weighted by molar-refractivity contribution is -0.118. The van der Waals surface area contributed by atoms with Gasteiger partial charge in [0, 0.05) is 15.7 Å². The van der Waals surface area contributed by atoms with Crippen molar-refractivity contribution in [3.63, 3.8) is 0 Å². The van der Waals surface area contributed by atoms with Crippen LogP contribution in [0.3, 0.4) is 0 Å². The minimum Gasteiger partial charge on any atom is -0.493 e. The van der Waals surface area contributed by atoms with Crippen LogP contribution in [0.25, 0.3) is 0 Å². The van der Waals surface area contributed by atoms with Gasteiger partial charge in [-0.15, -0.1) is 0 Å². The Balaban J connectivity index is 2.06. The molecule has 2 rings (SSSR count). The number of hydrogen-bond acceptors (Lipinski definition) is 5. The molecule has 0 radical (unpaired) electrons. The van der Waals surface area contributed by atoms with Crippen LogP contribution < -0.4 is 14.8 Å². The molecule has 0 heterocycles. The Bertz CT molecular complexity index is 815. The summed E-state index contributed by atoms with van der Waals surface area (Å²) in [6.07, 6.45) is 0.670. The summed E-state index contributed by atoms with van der Waals surface area (Å²) >= 11 is 3.25. The van der Waals surface area contributed by atoms with Crippen LogP contribution in [-0.2, 0) is 4.79 Å². The topological polar surface area (TPSA) is 88.4 Å². The quantitative estimate of drug-likeness (QED) is 0.767. The van der Waals surface area contributed by atoms with Crippen molar-refractivity contribution in [1.29, 1.82) is 5.26 Å².